The summed E-state index contributed by atoms with van der Waals surface area (Å²) in [5, 5.41) is 1.94. The number of benzene rings is 1. The van der Waals surface area contributed by atoms with Gasteiger partial charge in [-0.15, -0.1) is 11.3 Å². The zero-order valence-electron chi connectivity index (χ0n) is 13.5. The summed E-state index contributed by atoms with van der Waals surface area (Å²) < 4.78 is 11.1. The first-order valence-electron chi connectivity index (χ1n) is 7.55. The lowest BCUT2D eigenvalue weighted by atomic mass is 10.1. The molecular weight excluding hydrogens is 324 g/mol. The first-order chi connectivity index (χ1) is 11.6. The van der Waals surface area contributed by atoms with Crippen LogP contribution in [-0.2, 0) is 6.61 Å². The van der Waals surface area contributed by atoms with Crippen LogP contribution in [0.5, 0.6) is 5.75 Å². The zero-order valence-corrected chi connectivity index (χ0v) is 14.3. The van der Waals surface area contributed by atoms with Crippen molar-refractivity contribution in [2.45, 2.75) is 19.6 Å². The second-order valence-corrected chi connectivity index (χ2v) is 6.12. The molecule has 1 atom stereocenters. The van der Waals surface area contributed by atoms with Gasteiger partial charge < -0.3 is 14.1 Å². The van der Waals surface area contributed by atoms with Crippen molar-refractivity contribution in [1.82, 2.24) is 9.88 Å². The van der Waals surface area contributed by atoms with Gasteiger partial charge in [0.2, 0.25) is 0 Å². The fourth-order valence-electron chi connectivity index (χ4n) is 2.28. The molecule has 1 amide bonds. The summed E-state index contributed by atoms with van der Waals surface area (Å²) in [6.07, 6.45) is 1.61. The number of hydrogen-bond donors (Lipinski definition) is 0. The maximum absolute atomic E-state index is 12.7. The Labute approximate surface area is 144 Å². The summed E-state index contributed by atoms with van der Waals surface area (Å²) in [4.78, 5) is 18.5. The normalized spacial score (nSPS) is 11.9. The minimum absolute atomic E-state index is 0.0852. The van der Waals surface area contributed by atoms with E-state index in [0.717, 1.165) is 11.5 Å². The highest BCUT2D eigenvalue weighted by atomic mass is 32.1. The van der Waals surface area contributed by atoms with Gasteiger partial charge in [0.1, 0.15) is 18.1 Å². The van der Waals surface area contributed by atoms with Crippen molar-refractivity contribution in [3.63, 3.8) is 0 Å². The average Bonchev–Trinajstić information content (AvgIpc) is 3.31. The third kappa shape index (κ3) is 3.65. The molecule has 0 saturated carbocycles. The molecule has 3 rings (SSSR count). The molecule has 5 nitrogen and oxygen atoms in total. The van der Waals surface area contributed by atoms with Gasteiger partial charge in [-0.2, -0.15) is 0 Å². The molecule has 6 heteroatoms. The number of thiazole rings is 1. The number of hydrogen-bond acceptors (Lipinski definition) is 5. The molecule has 0 radical (unpaired) electrons. The Kier molecular flexibility index (Phi) is 4.96. The van der Waals surface area contributed by atoms with Crippen molar-refractivity contribution in [3.05, 3.63) is 70.6 Å². The molecule has 0 N–H and O–H groups in total. The Morgan fingerprint density at radius 1 is 1.38 bits per heavy atom. The molecule has 24 heavy (non-hydrogen) atoms. The summed E-state index contributed by atoms with van der Waals surface area (Å²) in [6.45, 7) is 2.32. The number of furan rings is 1. The Bertz CT molecular complexity index is 784. The van der Waals surface area contributed by atoms with Gasteiger partial charge in [0.15, 0.2) is 0 Å². The van der Waals surface area contributed by atoms with Crippen molar-refractivity contribution >= 4 is 17.2 Å². The van der Waals surface area contributed by atoms with E-state index in [-0.39, 0.29) is 11.9 Å². The summed E-state index contributed by atoms with van der Waals surface area (Å²) in [5.41, 5.74) is 3.22. The maximum Gasteiger partial charge on any atom is 0.254 e. The van der Waals surface area contributed by atoms with Crippen LogP contribution in [-0.4, -0.2) is 22.8 Å². The molecule has 0 aliphatic carbocycles. The van der Waals surface area contributed by atoms with E-state index in [2.05, 4.69) is 4.98 Å². The topological polar surface area (TPSA) is 55.6 Å². The lowest BCUT2D eigenvalue weighted by Gasteiger charge is -2.23. The van der Waals surface area contributed by atoms with Crippen LogP contribution in [0, 0.1) is 0 Å². The molecule has 0 fully saturated rings. The van der Waals surface area contributed by atoms with Gasteiger partial charge in [-0.05, 0) is 37.3 Å². The van der Waals surface area contributed by atoms with Crippen LogP contribution in [0.2, 0.25) is 0 Å². The standard InChI is InChI=1S/C18H18N2O3S/c1-13(17-7-4-8-22-17)20(2)18(21)14-5-3-6-16(9-14)23-10-15-11-24-12-19-15/h3-9,11-13H,10H2,1-2H3. The molecule has 0 saturated heterocycles. The van der Waals surface area contributed by atoms with E-state index in [4.69, 9.17) is 9.15 Å². The first kappa shape index (κ1) is 16.3. The monoisotopic (exact) mass is 342 g/mol. The number of ether oxygens (including phenoxy) is 1. The van der Waals surface area contributed by atoms with Gasteiger partial charge in [-0.1, -0.05) is 6.07 Å². The molecule has 2 aromatic heterocycles. The Hall–Kier alpha value is -2.60. The van der Waals surface area contributed by atoms with Crippen LogP contribution in [0.15, 0.2) is 58.0 Å². The van der Waals surface area contributed by atoms with E-state index in [1.165, 1.54) is 11.3 Å². The molecular formula is C18H18N2O3S. The average molecular weight is 342 g/mol. The van der Waals surface area contributed by atoms with Crippen molar-refractivity contribution < 1.29 is 13.9 Å². The van der Waals surface area contributed by atoms with Crippen molar-refractivity contribution in [2.75, 3.05) is 7.05 Å². The second-order valence-electron chi connectivity index (χ2n) is 5.40. The third-order valence-electron chi connectivity index (χ3n) is 3.81. The van der Waals surface area contributed by atoms with Crippen molar-refractivity contribution in [3.8, 4) is 5.75 Å². The molecule has 1 aromatic carbocycles. The maximum atomic E-state index is 12.7. The Balaban J connectivity index is 1.69. The number of carbonyl (C=O) groups excluding carboxylic acids is 1. The van der Waals surface area contributed by atoms with Crippen LogP contribution in [0.4, 0.5) is 0 Å². The Morgan fingerprint density at radius 3 is 2.96 bits per heavy atom. The van der Waals surface area contributed by atoms with Gasteiger partial charge in [0.05, 0.1) is 23.5 Å². The van der Waals surface area contributed by atoms with Gasteiger partial charge in [-0.25, -0.2) is 4.98 Å². The van der Waals surface area contributed by atoms with Crippen LogP contribution in [0.3, 0.4) is 0 Å². The Morgan fingerprint density at radius 2 is 2.25 bits per heavy atom. The zero-order chi connectivity index (χ0) is 16.9. The quantitative estimate of drug-likeness (QED) is 0.675. The van der Waals surface area contributed by atoms with E-state index in [1.807, 2.05) is 36.6 Å². The minimum Gasteiger partial charge on any atom is -0.487 e. The molecule has 1 unspecified atom stereocenters. The molecule has 2 heterocycles. The van der Waals surface area contributed by atoms with Gasteiger partial charge in [0.25, 0.3) is 5.91 Å². The van der Waals surface area contributed by atoms with E-state index in [1.54, 1.807) is 35.9 Å². The van der Waals surface area contributed by atoms with Crippen LogP contribution >= 0.6 is 11.3 Å². The smallest absolute Gasteiger partial charge is 0.254 e. The van der Waals surface area contributed by atoms with Crippen LogP contribution in [0.1, 0.15) is 34.8 Å². The number of nitrogens with zero attached hydrogens (tertiary/aromatic N) is 2. The SMILES string of the molecule is CC(c1ccco1)N(C)C(=O)c1cccc(OCc2cscn2)c1. The summed E-state index contributed by atoms with van der Waals surface area (Å²) in [5.74, 6) is 1.31. The largest absolute Gasteiger partial charge is 0.487 e. The highest BCUT2D eigenvalue weighted by Crippen LogP contribution is 2.23. The van der Waals surface area contributed by atoms with Crippen LogP contribution < -0.4 is 4.74 Å². The number of aromatic nitrogens is 1. The fourth-order valence-corrected chi connectivity index (χ4v) is 2.83. The van der Waals surface area contributed by atoms with E-state index in [9.17, 15) is 4.79 Å². The van der Waals surface area contributed by atoms with E-state index < -0.39 is 0 Å². The molecule has 0 bridgehead atoms. The summed E-state index contributed by atoms with van der Waals surface area (Å²) in [6, 6.07) is 10.7. The van der Waals surface area contributed by atoms with Crippen LogP contribution in [0.25, 0.3) is 0 Å². The van der Waals surface area contributed by atoms with Crippen molar-refractivity contribution in [2.24, 2.45) is 0 Å². The predicted octanol–water partition coefficient (Wildman–Crippen LogP) is 4.15. The minimum atomic E-state index is -0.146. The highest BCUT2D eigenvalue weighted by molar-refractivity contribution is 7.07. The molecule has 0 spiro atoms. The number of amides is 1. The van der Waals surface area contributed by atoms with Gasteiger partial charge in [-0.3, -0.25) is 4.79 Å². The molecule has 3 aromatic rings. The number of rotatable bonds is 6. The van der Waals surface area contributed by atoms with E-state index >= 15 is 0 Å². The molecule has 0 aliphatic rings. The summed E-state index contributed by atoms with van der Waals surface area (Å²) in [7, 11) is 1.76. The van der Waals surface area contributed by atoms with E-state index in [0.29, 0.717) is 17.9 Å². The van der Waals surface area contributed by atoms with Gasteiger partial charge >= 0.3 is 0 Å². The highest BCUT2D eigenvalue weighted by Gasteiger charge is 2.21. The lowest BCUT2D eigenvalue weighted by Crippen LogP contribution is -2.29. The molecule has 124 valence electrons. The number of carbonyl (C=O) groups is 1. The van der Waals surface area contributed by atoms with Crippen molar-refractivity contribution in [1.29, 1.82) is 0 Å². The predicted molar refractivity (Wildman–Crippen MR) is 92.1 cm³/mol. The second kappa shape index (κ2) is 7.31. The van der Waals surface area contributed by atoms with Gasteiger partial charge in [0, 0.05) is 18.0 Å². The fraction of sp³-hybridized carbons (Fsp3) is 0.222. The molecule has 0 aliphatic heterocycles. The lowest BCUT2D eigenvalue weighted by molar-refractivity contribution is 0.0725. The summed E-state index contributed by atoms with van der Waals surface area (Å²) >= 11 is 1.53. The third-order valence-corrected chi connectivity index (χ3v) is 4.44. The first-order valence-corrected chi connectivity index (χ1v) is 8.50.